The smallest absolute Gasteiger partial charge is 0.244 e. The number of halogens is 2. The van der Waals surface area contributed by atoms with Gasteiger partial charge in [0, 0.05) is 12.6 Å². The number of nitrogens with zero attached hydrogens (tertiary/aromatic N) is 2. The van der Waals surface area contributed by atoms with Crippen LogP contribution in [0.5, 0.6) is 0 Å². The van der Waals surface area contributed by atoms with Gasteiger partial charge in [0.2, 0.25) is 21.8 Å². The second-order valence-electron chi connectivity index (χ2n) is 8.54. The Kier molecular flexibility index (Phi) is 8.54. The number of hydrogen-bond acceptors (Lipinski definition) is 4. The van der Waals surface area contributed by atoms with E-state index in [4.69, 9.17) is 11.6 Å². The molecule has 3 rings (SSSR count). The van der Waals surface area contributed by atoms with Crippen LogP contribution in [0.2, 0.25) is 5.02 Å². The summed E-state index contributed by atoms with van der Waals surface area (Å²) in [5.74, 6) is -1.31. The molecule has 0 spiro atoms. The average molecular weight is 510 g/mol. The lowest BCUT2D eigenvalue weighted by molar-refractivity contribution is -0.139. The minimum Gasteiger partial charge on any atom is -0.352 e. The number of carbonyl (C=O) groups excluding carboxylic acids is 2. The monoisotopic (exact) mass is 509 g/mol. The highest BCUT2D eigenvalue weighted by molar-refractivity contribution is 7.92. The molecule has 1 N–H and O–H groups in total. The zero-order chi connectivity index (χ0) is 24.9. The fraction of sp³-hybridized carbons (Fsp3) is 0.417. The van der Waals surface area contributed by atoms with E-state index in [0.29, 0.717) is 5.56 Å². The van der Waals surface area contributed by atoms with Gasteiger partial charge in [-0.3, -0.25) is 13.9 Å². The molecule has 184 valence electrons. The van der Waals surface area contributed by atoms with Gasteiger partial charge in [0.1, 0.15) is 18.4 Å². The van der Waals surface area contributed by atoms with Crippen molar-refractivity contribution >= 4 is 39.1 Å². The zero-order valence-electron chi connectivity index (χ0n) is 19.2. The Hall–Kier alpha value is -2.65. The number of anilines is 1. The highest BCUT2D eigenvalue weighted by Crippen LogP contribution is 2.27. The van der Waals surface area contributed by atoms with E-state index in [1.807, 2.05) is 0 Å². The summed E-state index contributed by atoms with van der Waals surface area (Å²) < 4.78 is 39.4. The van der Waals surface area contributed by atoms with Crippen molar-refractivity contribution in [3.63, 3.8) is 0 Å². The van der Waals surface area contributed by atoms with Gasteiger partial charge in [0.15, 0.2) is 0 Å². The lowest BCUT2D eigenvalue weighted by Crippen LogP contribution is -2.52. The van der Waals surface area contributed by atoms with Crippen LogP contribution < -0.4 is 9.62 Å². The van der Waals surface area contributed by atoms with Crippen LogP contribution >= 0.6 is 11.6 Å². The molecule has 1 atom stereocenters. The molecule has 1 aliphatic carbocycles. The lowest BCUT2D eigenvalue weighted by Gasteiger charge is -2.32. The van der Waals surface area contributed by atoms with Crippen LogP contribution in [0, 0.1) is 5.82 Å². The van der Waals surface area contributed by atoms with Crippen molar-refractivity contribution in [1.82, 2.24) is 10.2 Å². The van der Waals surface area contributed by atoms with Crippen LogP contribution in [0.4, 0.5) is 10.1 Å². The van der Waals surface area contributed by atoms with Crippen LogP contribution in [-0.2, 0) is 26.2 Å². The first-order chi connectivity index (χ1) is 16.1. The summed E-state index contributed by atoms with van der Waals surface area (Å²) in [6, 6.07) is 11.1. The van der Waals surface area contributed by atoms with Gasteiger partial charge in [-0.25, -0.2) is 12.8 Å². The number of sulfonamides is 1. The number of para-hydroxylation sites is 1. The Morgan fingerprint density at radius 2 is 1.74 bits per heavy atom. The maximum Gasteiger partial charge on any atom is 0.244 e. The van der Waals surface area contributed by atoms with Gasteiger partial charge in [-0.05, 0) is 49.6 Å². The van der Waals surface area contributed by atoms with Gasteiger partial charge in [-0.1, -0.05) is 48.7 Å². The number of carbonyl (C=O) groups is 2. The number of nitrogens with one attached hydrogen (secondary N) is 1. The Balaban J connectivity index is 1.88. The molecule has 2 aromatic carbocycles. The summed E-state index contributed by atoms with van der Waals surface area (Å²) in [7, 11) is -3.86. The number of rotatable bonds is 9. The molecule has 10 heteroatoms. The lowest BCUT2D eigenvalue weighted by atomic mass is 10.1. The Labute approximate surface area is 204 Å². The Morgan fingerprint density at radius 3 is 2.32 bits per heavy atom. The Morgan fingerprint density at radius 1 is 1.12 bits per heavy atom. The molecule has 0 radical (unpaired) electrons. The molecule has 0 aromatic heterocycles. The first-order valence-electron chi connectivity index (χ1n) is 11.1. The highest BCUT2D eigenvalue weighted by atomic mass is 35.5. The summed E-state index contributed by atoms with van der Waals surface area (Å²) in [4.78, 5) is 27.8. The first-order valence-corrected chi connectivity index (χ1v) is 13.4. The van der Waals surface area contributed by atoms with Gasteiger partial charge in [-0.2, -0.15) is 0 Å². The molecule has 1 fully saturated rings. The van der Waals surface area contributed by atoms with Crippen molar-refractivity contribution in [1.29, 1.82) is 0 Å². The molecule has 2 aromatic rings. The number of amides is 2. The van der Waals surface area contributed by atoms with E-state index < -0.39 is 34.3 Å². The normalized spacial score (nSPS) is 15.1. The van der Waals surface area contributed by atoms with E-state index in [9.17, 15) is 22.4 Å². The summed E-state index contributed by atoms with van der Waals surface area (Å²) in [5, 5.41) is 3.17. The molecule has 2 amide bonds. The molecule has 1 unspecified atom stereocenters. The third-order valence-electron chi connectivity index (χ3n) is 5.94. The number of hydrogen-bond donors (Lipinski definition) is 1. The molecule has 34 heavy (non-hydrogen) atoms. The van der Waals surface area contributed by atoms with E-state index in [2.05, 4.69) is 5.32 Å². The molecule has 1 aliphatic rings. The van der Waals surface area contributed by atoms with Crippen LogP contribution in [0.3, 0.4) is 0 Å². The third-order valence-corrected chi connectivity index (χ3v) is 7.38. The minimum absolute atomic E-state index is 0.0124. The molecule has 0 aliphatic heterocycles. The van der Waals surface area contributed by atoms with Crippen LogP contribution in [-0.4, -0.2) is 50.0 Å². The number of benzene rings is 2. The summed E-state index contributed by atoms with van der Waals surface area (Å²) in [6.07, 6.45) is 4.85. The van der Waals surface area contributed by atoms with Crippen molar-refractivity contribution < 1.29 is 22.4 Å². The van der Waals surface area contributed by atoms with E-state index in [-0.39, 0.29) is 29.2 Å². The molecule has 0 bridgehead atoms. The maximum absolute atomic E-state index is 13.5. The minimum atomic E-state index is -3.86. The van der Waals surface area contributed by atoms with Crippen molar-refractivity contribution in [2.75, 3.05) is 17.1 Å². The quantitative estimate of drug-likeness (QED) is 0.558. The van der Waals surface area contributed by atoms with Gasteiger partial charge >= 0.3 is 0 Å². The third kappa shape index (κ3) is 6.70. The predicted molar refractivity (Wildman–Crippen MR) is 130 cm³/mol. The summed E-state index contributed by atoms with van der Waals surface area (Å²) in [5.41, 5.74) is 0.781. The molecule has 0 saturated heterocycles. The topological polar surface area (TPSA) is 86.8 Å². The van der Waals surface area contributed by atoms with Crippen LogP contribution in [0.15, 0.2) is 48.5 Å². The van der Waals surface area contributed by atoms with Crippen LogP contribution in [0.1, 0.15) is 38.2 Å². The highest BCUT2D eigenvalue weighted by Gasteiger charge is 2.31. The van der Waals surface area contributed by atoms with E-state index >= 15 is 0 Å². The molecular weight excluding hydrogens is 481 g/mol. The fourth-order valence-corrected chi connectivity index (χ4v) is 5.16. The van der Waals surface area contributed by atoms with E-state index in [1.165, 1.54) is 41.3 Å². The van der Waals surface area contributed by atoms with Crippen molar-refractivity contribution in [2.24, 2.45) is 0 Å². The predicted octanol–water partition coefficient (Wildman–Crippen LogP) is 3.72. The SMILES string of the molecule is CC(C(=O)NC1CCCC1)N(Cc1ccc(F)cc1)C(=O)CN(c1ccccc1Cl)S(C)(=O)=O. The summed E-state index contributed by atoms with van der Waals surface area (Å²) in [6.45, 7) is 1.08. The molecule has 0 heterocycles. The maximum atomic E-state index is 13.5. The van der Waals surface area contributed by atoms with Crippen molar-refractivity contribution in [3.05, 3.63) is 64.9 Å². The summed E-state index contributed by atoms with van der Waals surface area (Å²) >= 11 is 6.21. The molecule has 1 saturated carbocycles. The largest absolute Gasteiger partial charge is 0.352 e. The average Bonchev–Trinajstić information content (AvgIpc) is 3.29. The molecular formula is C24H29ClFN3O4S. The second kappa shape index (κ2) is 11.2. The zero-order valence-corrected chi connectivity index (χ0v) is 20.8. The van der Waals surface area contributed by atoms with Crippen molar-refractivity contribution in [3.8, 4) is 0 Å². The van der Waals surface area contributed by atoms with Crippen molar-refractivity contribution in [2.45, 2.75) is 51.2 Å². The fourth-order valence-electron chi connectivity index (χ4n) is 4.01. The van der Waals surface area contributed by atoms with Crippen LogP contribution in [0.25, 0.3) is 0 Å². The van der Waals surface area contributed by atoms with Gasteiger partial charge in [-0.15, -0.1) is 0 Å². The van der Waals surface area contributed by atoms with Gasteiger partial charge in [0.25, 0.3) is 0 Å². The van der Waals surface area contributed by atoms with E-state index in [1.54, 1.807) is 19.1 Å². The van der Waals surface area contributed by atoms with E-state index in [0.717, 1.165) is 36.2 Å². The standard InChI is InChI=1S/C24H29ClFN3O4S/c1-17(24(31)27-20-7-3-4-8-20)28(15-18-11-13-19(26)14-12-18)23(30)16-29(34(2,32)33)22-10-6-5-9-21(22)25/h5-6,9-14,17,20H,3-4,7-8,15-16H2,1-2H3,(H,27,31). The van der Waals surface area contributed by atoms with Gasteiger partial charge in [0.05, 0.1) is 17.0 Å². The first kappa shape index (κ1) is 26.0. The Bertz CT molecular complexity index is 1120. The molecule has 7 nitrogen and oxygen atoms in total. The second-order valence-corrected chi connectivity index (χ2v) is 10.8. The van der Waals surface area contributed by atoms with Gasteiger partial charge < -0.3 is 10.2 Å².